The molecule has 0 aliphatic heterocycles. The zero-order valence-electron chi connectivity index (χ0n) is 9.37. The maximum atomic E-state index is 10.5. The molecule has 0 bridgehead atoms. The summed E-state index contributed by atoms with van der Waals surface area (Å²) in [5.74, 6) is 0. The topological polar surface area (TPSA) is 22.0 Å². The molecule has 2 aromatic rings. The number of benzene rings is 1. The lowest BCUT2D eigenvalue weighted by Crippen LogP contribution is -1.90. The van der Waals surface area contributed by atoms with Crippen molar-refractivity contribution in [2.75, 3.05) is 0 Å². The predicted octanol–water partition coefficient (Wildman–Crippen LogP) is 2.54. The highest BCUT2D eigenvalue weighted by atomic mass is 16.1. The molecule has 15 heavy (non-hydrogen) atoms. The van der Waals surface area contributed by atoms with Crippen LogP contribution in [0.1, 0.15) is 16.8 Å². The van der Waals surface area contributed by atoms with Crippen LogP contribution >= 0.6 is 0 Å². The summed E-state index contributed by atoms with van der Waals surface area (Å²) >= 11 is 0. The molecule has 0 atom stereocenters. The van der Waals surface area contributed by atoms with Crippen LogP contribution < -0.4 is 0 Å². The molecule has 1 aromatic heterocycles. The number of carbonyl (C=O) groups excluding carboxylic acids is 1. The van der Waals surface area contributed by atoms with Crippen LogP contribution in [0.5, 0.6) is 0 Å². The van der Waals surface area contributed by atoms with Crippen LogP contribution in [0.2, 0.25) is 0 Å². The second kappa shape index (κ2) is 3.54. The van der Waals surface area contributed by atoms with Gasteiger partial charge in [-0.3, -0.25) is 0 Å². The Labute approximate surface area is 89.5 Å². The fraction of sp³-hybridized carbons (Fsp3) is 0.308. The third-order valence-corrected chi connectivity index (χ3v) is 3.19. The molecular formula is C13H15NO. The lowest BCUT2D eigenvalue weighted by atomic mass is 10.1. The summed E-state index contributed by atoms with van der Waals surface area (Å²) in [4.78, 5) is 10.5. The van der Waals surface area contributed by atoms with Crippen LogP contribution in [0.4, 0.5) is 0 Å². The van der Waals surface area contributed by atoms with Gasteiger partial charge in [0.15, 0.2) is 0 Å². The minimum atomic E-state index is 0.503. The Bertz CT molecular complexity index is 523. The molecule has 0 radical (unpaired) electrons. The van der Waals surface area contributed by atoms with E-state index >= 15 is 0 Å². The third kappa shape index (κ3) is 1.46. The van der Waals surface area contributed by atoms with E-state index in [1.807, 2.05) is 6.07 Å². The first-order valence-corrected chi connectivity index (χ1v) is 5.13. The highest BCUT2D eigenvalue weighted by Gasteiger charge is 2.08. The molecule has 78 valence electrons. The Morgan fingerprint density at radius 2 is 2.07 bits per heavy atom. The third-order valence-electron chi connectivity index (χ3n) is 3.19. The van der Waals surface area contributed by atoms with E-state index in [-0.39, 0.29) is 0 Å². The van der Waals surface area contributed by atoms with Gasteiger partial charge in [0.1, 0.15) is 6.29 Å². The van der Waals surface area contributed by atoms with Crippen LogP contribution in [0.25, 0.3) is 10.9 Å². The largest absolute Gasteiger partial charge is 0.348 e. The van der Waals surface area contributed by atoms with Gasteiger partial charge >= 0.3 is 0 Å². The lowest BCUT2D eigenvalue weighted by Gasteiger charge is -1.99. The Balaban J connectivity index is 2.71. The molecule has 2 heteroatoms. The number of rotatable bonds is 2. The Kier molecular flexibility index (Phi) is 2.35. The summed E-state index contributed by atoms with van der Waals surface area (Å²) in [6.45, 7) is 4.25. The van der Waals surface area contributed by atoms with E-state index in [4.69, 9.17) is 0 Å². The number of aryl methyl sites for hydroxylation is 2. The van der Waals surface area contributed by atoms with Crippen molar-refractivity contribution in [2.24, 2.45) is 7.05 Å². The number of hydrogen-bond acceptors (Lipinski definition) is 1. The van der Waals surface area contributed by atoms with Gasteiger partial charge in [0.25, 0.3) is 0 Å². The van der Waals surface area contributed by atoms with E-state index in [1.165, 1.54) is 22.2 Å². The highest BCUT2D eigenvalue weighted by molar-refractivity contribution is 5.86. The maximum Gasteiger partial charge on any atom is 0.124 e. The number of fused-ring (bicyclic) bond motifs is 1. The quantitative estimate of drug-likeness (QED) is 0.684. The van der Waals surface area contributed by atoms with Gasteiger partial charge in [-0.2, -0.15) is 0 Å². The molecule has 0 saturated carbocycles. The first-order valence-electron chi connectivity index (χ1n) is 5.13. The van der Waals surface area contributed by atoms with Crippen molar-refractivity contribution in [1.29, 1.82) is 0 Å². The second-order valence-corrected chi connectivity index (χ2v) is 3.99. The average Bonchev–Trinajstić information content (AvgIpc) is 2.45. The molecule has 0 aliphatic rings. The fourth-order valence-electron chi connectivity index (χ4n) is 2.03. The molecular weight excluding hydrogens is 186 g/mol. The minimum Gasteiger partial charge on any atom is -0.348 e. The molecule has 0 saturated heterocycles. The van der Waals surface area contributed by atoms with Crippen molar-refractivity contribution < 1.29 is 4.79 Å². The lowest BCUT2D eigenvalue weighted by molar-refractivity contribution is -0.107. The summed E-state index contributed by atoms with van der Waals surface area (Å²) < 4.78 is 2.19. The monoisotopic (exact) mass is 201 g/mol. The van der Waals surface area contributed by atoms with Crippen molar-refractivity contribution in [3.05, 3.63) is 35.0 Å². The SMILES string of the molecule is Cc1c(C)n(C)c2ccc(CC=O)cc12. The van der Waals surface area contributed by atoms with Gasteiger partial charge in [0.05, 0.1) is 0 Å². The van der Waals surface area contributed by atoms with Crippen LogP contribution in [-0.2, 0) is 18.3 Å². The molecule has 2 rings (SSSR count). The molecule has 0 fully saturated rings. The molecule has 0 spiro atoms. The highest BCUT2D eigenvalue weighted by Crippen LogP contribution is 2.24. The minimum absolute atomic E-state index is 0.503. The molecule has 0 aliphatic carbocycles. The molecule has 0 N–H and O–H groups in total. The zero-order chi connectivity index (χ0) is 11.0. The summed E-state index contributed by atoms with van der Waals surface area (Å²) in [6.07, 6.45) is 1.45. The van der Waals surface area contributed by atoms with E-state index in [0.717, 1.165) is 11.8 Å². The van der Waals surface area contributed by atoms with E-state index in [0.29, 0.717) is 6.42 Å². The van der Waals surface area contributed by atoms with Gasteiger partial charge in [-0.1, -0.05) is 6.07 Å². The molecule has 0 amide bonds. The fourth-order valence-corrected chi connectivity index (χ4v) is 2.03. The first-order chi connectivity index (χ1) is 7.15. The van der Waals surface area contributed by atoms with E-state index in [1.54, 1.807) is 0 Å². The zero-order valence-corrected chi connectivity index (χ0v) is 9.37. The van der Waals surface area contributed by atoms with Crippen LogP contribution in [-0.4, -0.2) is 10.9 Å². The summed E-state index contributed by atoms with van der Waals surface area (Å²) in [7, 11) is 2.07. The normalized spacial score (nSPS) is 10.9. The second-order valence-electron chi connectivity index (χ2n) is 3.99. The van der Waals surface area contributed by atoms with Crippen molar-refractivity contribution in [3.8, 4) is 0 Å². The molecule has 0 unspecified atom stereocenters. The van der Waals surface area contributed by atoms with E-state index in [9.17, 15) is 4.79 Å². The van der Waals surface area contributed by atoms with Crippen molar-refractivity contribution in [2.45, 2.75) is 20.3 Å². The Morgan fingerprint density at radius 1 is 1.33 bits per heavy atom. The van der Waals surface area contributed by atoms with Crippen LogP contribution in [0, 0.1) is 13.8 Å². The average molecular weight is 201 g/mol. The van der Waals surface area contributed by atoms with Gasteiger partial charge in [0, 0.05) is 30.1 Å². The van der Waals surface area contributed by atoms with Crippen LogP contribution in [0.15, 0.2) is 18.2 Å². The van der Waals surface area contributed by atoms with Gasteiger partial charge in [-0.25, -0.2) is 0 Å². The van der Waals surface area contributed by atoms with Gasteiger partial charge < -0.3 is 9.36 Å². The number of aldehydes is 1. The first kappa shape index (κ1) is 9.97. The Hall–Kier alpha value is -1.57. The summed E-state index contributed by atoms with van der Waals surface area (Å²) in [6, 6.07) is 6.23. The van der Waals surface area contributed by atoms with Crippen LogP contribution in [0.3, 0.4) is 0 Å². The molecule has 2 nitrogen and oxygen atoms in total. The molecule has 1 aromatic carbocycles. The number of nitrogens with zero attached hydrogens (tertiary/aromatic N) is 1. The predicted molar refractivity (Wildman–Crippen MR) is 62.2 cm³/mol. The van der Waals surface area contributed by atoms with E-state index < -0.39 is 0 Å². The van der Waals surface area contributed by atoms with Crippen molar-refractivity contribution >= 4 is 17.2 Å². The number of hydrogen-bond donors (Lipinski definition) is 0. The number of carbonyl (C=O) groups is 1. The summed E-state index contributed by atoms with van der Waals surface area (Å²) in [5, 5.41) is 1.26. The Morgan fingerprint density at radius 3 is 2.73 bits per heavy atom. The van der Waals surface area contributed by atoms with Crippen molar-refractivity contribution in [1.82, 2.24) is 4.57 Å². The smallest absolute Gasteiger partial charge is 0.124 e. The maximum absolute atomic E-state index is 10.5. The number of aromatic nitrogens is 1. The van der Waals surface area contributed by atoms with Gasteiger partial charge in [0.2, 0.25) is 0 Å². The van der Waals surface area contributed by atoms with E-state index in [2.05, 4.69) is 37.6 Å². The molecule has 1 heterocycles. The van der Waals surface area contributed by atoms with Gasteiger partial charge in [-0.15, -0.1) is 0 Å². The van der Waals surface area contributed by atoms with Gasteiger partial charge in [-0.05, 0) is 37.1 Å². The summed E-state index contributed by atoms with van der Waals surface area (Å²) in [5.41, 5.74) is 4.92. The standard InChI is InChI=1S/C13H15NO/c1-9-10(2)14(3)13-5-4-11(6-7-15)8-12(9)13/h4-5,7-8H,6H2,1-3H3. The van der Waals surface area contributed by atoms with Crippen molar-refractivity contribution in [3.63, 3.8) is 0 Å².